The molecule has 1 aliphatic heterocycles. The molecule has 1 atom stereocenters. The zero-order valence-corrected chi connectivity index (χ0v) is 8.40. The van der Waals surface area contributed by atoms with Crippen molar-refractivity contribution in [2.75, 3.05) is 5.32 Å². The van der Waals surface area contributed by atoms with Crippen LogP contribution in [0.5, 0.6) is 5.75 Å². The van der Waals surface area contributed by atoms with Crippen LogP contribution in [0, 0.1) is 0 Å². The number of ether oxygens (including phenoxy) is 1. The number of carbonyl (C=O) groups is 2. The van der Waals surface area contributed by atoms with Crippen molar-refractivity contribution < 1.29 is 14.3 Å². The first-order valence-corrected chi connectivity index (χ1v) is 4.76. The number of benzene rings is 1. The molecular formula is C10H11N3O3. The molecule has 16 heavy (non-hydrogen) atoms. The number of hydrazine groups is 1. The van der Waals surface area contributed by atoms with Crippen molar-refractivity contribution in [2.24, 2.45) is 5.84 Å². The molecule has 0 aliphatic carbocycles. The van der Waals surface area contributed by atoms with Crippen LogP contribution in [0.4, 0.5) is 5.69 Å². The number of para-hydroxylation sites is 2. The van der Waals surface area contributed by atoms with Crippen molar-refractivity contribution in [2.45, 2.75) is 12.5 Å². The van der Waals surface area contributed by atoms with Gasteiger partial charge in [0.05, 0.1) is 12.1 Å². The molecule has 0 radical (unpaired) electrons. The highest BCUT2D eigenvalue weighted by Crippen LogP contribution is 2.29. The third-order valence-corrected chi connectivity index (χ3v) is 2.24. The van der Waals surface area contributed by atoms with Crippen LogP contribution in [0.15, 0.2) is 24.3 Å². The van der Waals surface area contributed by atoms with Gasteiger partial charge in [-0.25, -0.2) is 5.84 Å². The molecule has 6 heteroatoms. The first-order chi connectivity index (χ1) is 7.70. The van der Waals surface area contributed by atoms with Crippen LogP contribution in [-0.4, -0.2) is 17.9 Å². The van der Waals surface area contributed by atoms with Crippen LogP contribution in [0.25, 0.3) is 0 Å². The lowest BCUT2D eigenvalue weighted by molar-refractivity contribution is -0.130. The molecule has 1 unspecified atom stereocenters. The van der Waals surface area contributed by atoms with E-state index in [1.807, 2.05) is 5.43 Å². The second-order valence-electron chi connectivity index (χ2n) is 3.36. The lowest BCUT2D eigenvalue weighted by atomic mass is 10.1. The monoisotopic (exact) mass is 221 g/mol. The van der Waals surface area contributed by atoms with Gasteiger partial charge < -0.3 is 10.1 Å². The summed E-state index contributed by atoms with van der Waals surface area (Å²) in [7, 11) is 0. The Kier molecular flexibility index (Phi) is 2.74. The molecule has 0 saturated heterocycles. The van der Waals surface area contributed by atoms with E-state index < -0.39 is 12.0 Å². The van der Waals surface area contributed by atoms with E-state index in [1.165, 1.54) is 0 Å². The molecule has 2 amide bonds. The number of carbonyl (C=O) groups excluding carboxylic acids is 2. The summed E-state index contributed by atoms with van der Waals surface area (Å²) in [5.41, 5.74) is 2.57. The lowest BCUT2D eigenvalue weighted by Crippen LogP contribution is -2.42. The highest BCUT2D eigenvalue weighted by Gasteiger charge is 2.29. The third kappa shape index (κ3) is 1.96. The maximum atomic E-state index is 11.6. The van der Waals surface area contributed by atoms with E-state index in [4.69, 9.17) is 10.6 Å². The molecule has 0 fully saturated rings. The molecule has 0 aromatic heterocycles. The molecule has 6 nitrogen and oxygen atoms in total. The number of nitrogens with one attached hydrogen (secondary N) is 2. The van der Waals surface area contributed by atoms with Crippen LogP contribution in [0.2, 0.25) is 0 Å². The first kappa shape index (κ1) is 10.4. The quantitative estimate of drug-likeness (QED) is 0.365. The van der Waals surface area contributed by atoms with Crippen molar-refractivity contribution in [3.05, 3.63) is 24.3 Å². The van der Waals surface area contributed by atoms with E-state index in [2.05, 4.69) is 5.32 Å². The van der Waals surface area contributed by atoms with Gasteiger partial charge in [-0.3, -0.25) is 15.0 Å². The van der Waals surface area contributed by atoms with Gasteiger partial charge in [-0.2, -0.15) is 0 Å². The molecule has 2 rings (SSSR count). The number of amides is 2. The average molecular weight is 221 g/mol. The summed E-state index contributed by atoms with van der Waals surface area (Å²) in [6.45, 7) is 0. The van der Waals surface area contributed by atoms with Gasteiger partial charge in [-0.05, 0) is 12.1 Å². The van der Waals surface area contributed by atoms with Crippen molar-refractivity contribution in [1.82, 2.24) is 5.43 Å². The van der Waals surface area contributed by atoms with Crippen LogP contribution in [0.3, 0.4) is 0 Å². The van der Waals surface area contributed by atoms with Crippen molar-refractivity contribution >= 4 is 17.5 Å². The van der Waals surface area contributed by atoms with Crippen molar-refractivity contribution in [3.63, 3.8) is 0 Å². The number of nitrogens with two attached hydrogens (primary N) is 1. The van der Waals surface area contributed by atoms with Gasteiger partial charge in [0.1, 0.15) is 5.75 Å². The number of anilines is 1. The predicted octanol–water partition coefficient (Wildman–Crippen LogP) is -0.234. The Bertz CT molecular complexity index is 433. The number of hydrogen-bond acceptors (Lipinski definition) is 4. The summed E-state index contributed by atoms with van der Waals surface area (Å²) in [5, 5.41) is 2.65. The molecule has 0 bridgehead atoms. The summed E-state index contributed by atoms with van der Waals surface area (Å²) in [4.78, 5) is 22.6. The summed E-state index contributed by atoms with van der Waals surface area (Å²) in [6.07, 6.45) is -0.935. The molecule has 84 valence electrons. The minimum absolute atomic E-state index is 0.101. The van der Waals surface area contributed by atoms with E-state index >= 15 is 0 Å². The molecule has 0 spiro atoms. The van der Waals surface area contributed by atoms with Crippen LogP contribution in [0.1, 0.15) is 6.42 Å². The number of fused-ring (bicyclic) bond motifs is 1. The summed E-state index contributed by atoms with van der Waals surface area (Å²) in [5.74, 6) is 4.71. The van der Waals surface area contributed by atoms with E-state index in [0.29, 0.717) is 11.4 Å². The lowest BCUT2D eigenvalue weighted by Gasteiger charge is -2.25. The second-order valence-corrected chi connectivity index (χ2v) is 3.36. The fourth-order valence-corrected chi connectivity index (χ4v) is 1.45. The number of rotatable bonds is 2. The van der Waals surface area contributed by atoms with Gasteiger partial charge in [0.15, 0.2) is 6.10 Å². The second kappa shape index (κ2) is 4.19. The largest absolute Gasteiger partial charge is 0.478 e. The van der Waals surface area contributed by atoms with Crippen molar-refractivity contribution in [3.8, 4) is 5.75 Å². The van der Waals surface area contributed by atoms with Gasteiger partial charge in [-0.1, -0.05) is 12.1 Å². The average Bonchev–Trinajstić information content (AvgIpc) is 2.30. The fraction of sp³-hybridized carbons (Fsp3) is 0.200. The molecular weight excluding hydrogens is 210 g/mol. The Balaban J connectivity index is 2.15. The maximum absolute atomic E-state index is 11.6. The van der Waals surface area contributed by atoms with Crippen molar-refractivity contribution in [1.29, 1.82) is 0 Å². The molecule has 1 aromatic carbocycles. The Hall–Kier alpha value is -2.08. The molecule has 1 heterocycles. The van der Waals surface area contributed by atoms with E-state index in [1.54, 1.807) is 24.3 Å². The maximum Gasteiger partial charge on any atom is 0.266 e. The zero-order chi connectivity index (χ0) is 11.5. The Morgan fingerprint density at radius 1 is 1.50 bits per heavy atom. The summed E-state index contributed by atoms with van der Waals surface area (Å²) >= 11 is 0. The normalized spacial score (nSPS) is 18.1. The highest BCUT2D eigenvalue weighted by molar-refractivity contribution is 5.99. The van der Waals surface area contributed by atoms with Crippen LogP contribution < -0.4 is 21.3 Å². The van der Waals surface area contributed by atoms with Crippen LogP contribution >= 0.6 is 0 Å². The summed E-state index contributed by atoms with van der Waals surface area (Å²) in [6, 6.07) is 7.03. The molecule has 1 aromatic rings. The highest BCUT2D eigenvalue weighted by atomic mass is 16.5. The Labute approximate surface area is 91.7 Å². The van der Waals surface area contributed by atoms with E-state index in [0.717, 1.165) is 0 Å². The standard InChI is InChI=1S/C10H11N3O3/c11-13-9(14)5-8-10(15)12-6-3-1-2-4-7(6)16-8/h1-4,8H,5,11H2,(H,12,15)(H,13,14). The Morgan fingerprint density at radius 3 is 3.00 bits per heavy atom. The van der Waals surface area contributed by atoms with Gasteiger partial charge in [0.25, 0.3) is 5.91 Å². The molecule has 1 aliphatic rings. The van der Waals surface area contributed by atoms with E-state index in [9.17, 15) is 9.59 Å². The minimum Gasteiger partial charge on any atom is -0.478 e. The SMILES string of the molecule is NNC(=O)CC1Oc2ccccc2NC1=O. The number of hydrogen-bond donors (Lipinski definition) is 3. The zero-order valence-electron chi connectivity index (χ0n) is 8.40. The predicted molar refractivity (Wildman–Crippen MR) is 56.4 cm³/mol. The van der Waals surface area contributed by atoms with Crippen LogP contribution in [-0.2, 0) is 9.59 Å². The van der Waals surface area contributed by atoms with Gasteiger partial charge in [-0.15, -0.1) is 0 Å². The van der Waals surface area contributed by atoms with Gasteiger partial charge >= 0.3 is 0 Å². The third-order valence-electron chi connectivity index (χ3n) is 2.24. The molecule has 4 N–H and O–H groups in total. The first-order valence-electron chi connectivity index (χ1n) is 4.76. The van der Waals surface area contributed by atoms with E-state index in [-0.39, 0.29) is 12.3 Å². The fourth-order valence-electron chi connectivity index (χ4n) is 1.45. The molecule has 0 saturated carbocycles. The topological polar surface area (TPSA) is 93.4 Å². The smallest absolute Gasteiger partial charge is 0.266 e. The Morgan fingerprint density at radius 2 is 2.25 bits per heavy atom. The van der Waals surface area contributed by atoms with Gasteiger partial charge in [0, 0.05) is 0 Å². The summed E-state index contributed by atoms with van der Waals surface area (Å²) < 4.78 is 5.39. The van der Waals surface area contributed by atoms with Gasteiger partial charge in [0.2, 0.25) is 5.91 Å². The minimum atomic E-state index is -0.835.